The summed E-state index contributed by atoms with van der Waals surface area (Å²) in [5, 5.41) is 3.29. The van der Waals surface area contributed by atoms with E-state index in [-0.39, 0.29) is 12.5 Å². The van der Waals surface area contributed by atoms with Crippen molar-refractivity contribution in [2.75, 3.05) is 6.54 Å². The van der Waals surface area contributed by atoms with Gasteiger partial charge >= 0.3 is 5.76 Å². The van der Waals surface area contributed by atoms with E-state index in [9.17, 15) is 9.59 Å². The number of nitrogens with zero attached hydrogens (tertiary/aromatic N) is 1. The third-order valence-electron chi connectivity index (χ3n) is 3.51. The molecule has 0 radical (unpaired) electrons. The Kier molecular flexibility index (Phi) is 4.48. The zero-order chi connectivity index (χ0) is 16.2. The number of nitrogens with one attached hydrogen (secondary N) is 1. The van der Waals surface area contributed by atoms with Gasteiger partial charge in [-0.05, 0) is 30.2 Å². The maximum absolute atomic E-state index is 12.0. The standard InChI is InChI=1S/C17H15ClN2O3/c18-13-6-7-15-14(10-13)20(17(22)23-15)11-16(21)19-9-8-12-4-2-1-3-5-12/h1-7,10H,8-9,11H2,(H,19,21). The number of amides is 1. The third-order valence-corrected chi connectivity index (χ3v) is 3.74. The molecule has 0 aliphatic carbocycles. The summed E-state index contributed by atoms with van der Waals surface area (Å²) in [4.78, 5) is 23.9. The summed E-state index contributed by atoms with van der Waals surface area (Å²) in [6.45, 7) is 0.412. The lowest BCUT2D eigenvalue weighted by atomic mass is 10.1. The molecule has 1 aromatic heterocycles. The van der Waals surface area contributed by atoms with E-state index in [1.165, 1.54) is 4.57 Å². The van der Waals surface area contributed by atoms with E-state index >= 15 is 0 Å². The van der Waals surface area contributed by atoms with Crippen LogP contribution in [-0.4, -0.2) is 17.0 Å². The molecule has 5 nitrogen and oxygen atoms in total. The molecule has 0 aliphatic heterocycles. The molecule has 0 unspecified atom stereocenters. The van der Waals surface area contributed by atoms with Gasteiger partial charge in [0.1, 0.15) is 6.54 Å². The molecule has 1 heterocycles. The van der Waals surface area contributed by atoms with Crippen LogP contribution in [0.4, 0.5) is 0 Å². The Bertz CT molecular complexity index is 884. The van der Waals surface area contributed by atoms with Crippen molar-refractivity contribution in [3.05, 3.63) is 69.7 Å². The highest BCUT2D eigenvalue weighted by molar-refractivity contribution is 6.31. The van der Waals surface area contributed by atoms with Crippen LogP contribution in [0.15, 0.2) is 57.7 Å². The number of fused-ring (bicyclic) bond motifs is 1. The van der Waals surface area contributed by atoms with Crippen LogP contribution in [0.3, 0.4) is 0 Å². The number of aromatic nitrogens is 1. The maximum Gasteiger partial charge on any atom is 0.420 e. The molecule has 3 aromatic rings. The van der Waals surface area contributed by atoms with E-state index in [4.69, 9.17) is 16.0 Å². The van der Waals surface area contributed by atoms with Gasteiger partial charge in [0.2, 0.25) is 5.91 Å². The van der Waals surface area contributed by atoms with Gasteiger partial charge < -0.3 is 9.73 Å². The number of halogens is 1. The molecule has 0 spiro atoms. The SMILES string of the molecule is O=C(Cn1c(=O)oc2ccc(Cl)cc21)NCCc1ccccc1. The number of carbonyl (C=O) groups excluding carboxylic acids is 1. The molecule has 23 heavy (non-hydrogen) atoms. The lowest BCUT2D eigenvalue weighted by Crippen LogP contribution is -2.32. The number of carbonyl (C=O) groups is 1. The van der Waals surface area contributed by atoms with Gasteiger partial charge in [-0.1, -0.05) is 41.9 Å². The van der Waals surface area contributed by atoms with Gasteiger partial charge in [0.25, 0.3) is 0 Å². The highest BCUT2D eigenvalue weighted by Crippen LogP contribution is 2.18. The Balaban J connectivity index is 1.65. The molecule has 0 saturated heterocycles. The van der Waals surface area contributed by atoms with Gasteiger partial charge in [-0.15, -0.1) is 0 Å². The molecule has 118 valence electrons. The minimum Gasteiger partial charge on any atom is -0.408 e. The van der Waals surface area contributed by atoms with Crippen molar-refractivity contribution in [3.8, 4) is 0 Å². The van der Waals surface area contributed by atoms with Crippen LogP contribution in [0.2, 0.25) is 5.02 Å². The highest BCUT2D eigenvalue weighted by atomic mass is 35.5. The number of benzene rings is 2. The Morgan fingerprint density at radius 3 is 2.74 bits per heavy atom. The first kappa shape index (κ1) is 15.4. The van der Waals surface area contributed by atoms with Gasteiger partial charge in [-0.2, -0.15) is 0 Å². The molecule has 2 aromatic carbocycles. The summed E-state index contributed by atoms with van der Waals surface area (Å²) in [7, 11) is 0. The molecule has 0 aliphatic rings. The minimum atomic E-state index is -0.569. The molecule has 6 heteroatoms. The van der Waals surface area contributed by atoms with Gasteiger partial charge in [-0.25, -0.2) is 4.79 Å². The minimum absolute atomic E-state index is 0.0963. The van der Waals surface area contributed by atoms with Crippen molar-refractivity contribution in [2.24, 2.45) is 0 Å². The number of hydrogen-bond acceptors (Lipinski definition) is 3. The van der Waals surface area contributed by atoms with Crippen LogP contribution in [0.25, 0.3) is 11.1 Å². The number of rotatable bonds is 5. The molecule has 1 N–H and O–H groups in total. The smallest absolute Gasteiger partial charge is 0.408 e. The van der Waals surface area contributed by atoms with E-state index in [2.05, 4.69) is 5.32 Å². The molecular formula is C17H15ClN2O3. The number of oxazole rings is 1. The quantitative estimate of drug-likeness (QED) is 0.782. The molecular weight excluding hydrogens is 316 g/mol. The molecule has 0 atom stereocenters. The van der Waals surface area contributed by atoms with Crippen LogP contribution in [0.1, 0.15) is 5.56 Å². The topological polar surface area (TPSA) is 64.2 Å². The van der Waals surface area contributed by atoms with E-state index in [0.29, 0.717) is 22.7 Å². The van der Waals surface area contributed by atoms with Crippen LogP contribution in [0, 0.1) is 0 Å². The second-order valence-corrected chi connectivity index (χ2v) is 5.59. The van der Waals surface area contributed by atoms with Crippen LogP contribution in [-0.2, 0) is 17.8 Å². The highest BCUT2D eigenvalue weighted by Gasteiger charge is 2.12. The lowest BCUT2D eigenvalue weighted by Gasteiger charge is -2.06. The van der Waals surface area contributed by atoms with Crippen LogP contribution in [0.5, 0.6) is 0 Å². The van der Waals surface area contributed by atoms with Crippen molar-refractivity contribution in [1.82, 2.24) is 9.88 Å². The zero-order valence-corrected chi connectivity index (χ0v) is 13.0. The first-order valence-corrected chi connectivity index (χ1v) is 7.61. The predicted octanol–water partition coefficient (Wildman–Crippen LogP) is 2.61. The molecule has 0 saturated carbocycles. The lowest BCUT2D eigenvalue weighted by molar-refractivity contribution is -0.121. The molecule has 1 amide bonds. The Morgan fingerprint density at radius 2 is 1.96 bits per heavy atom. The van der Waals surface area contributed by atoms with Crippen LogP contribution >= 0.6 is 11.6 Å². The van der Waals surface area contributed by atoms with E-state index in [1.54, 1.807) is 18.2 Å². The summed E-state index contributed by atoms with van der Waals surface area (Å²) in [6, 6.07) is 14.7. The fraction of sp³-hybridized carbons (Fsp3) is 0.176. The normalized spacial score (nSPS) is 10.8. The van der Waals surface area contributed by atoms with Gasteiger partial charge in [-0.3, -0.25) is 9.36 Å². The summed E-state index contributed by atoms with van der Waals surface area (Å²) >= 11 is 5.93. The van der Waals surface area contributed by atoms with E-state index in [0.717, 1.165) is 12.0 Å². The summed E-state index contributed by atoms with van der Waals surface area (Å²) in [5.74, 6) is -0.814. The predicted molar refractivity (Wildman–Crippen MR) is 88.6 cm³/mol. The summed E-state index contributed by atoms with van der Waals surface area (Å²) < 4.78 is 6.37. The first-order chi connectivity index (χ1) is 11.1. The average Bonchev–Trinajstić information content (AvgIpc) is 2.84. The van der Waals surface area contributed by atoms with Gasteiger partial charge in [0, 0.05) is 11.6 Å². The van der Waals surface area contributed by atoms with Gasteiger partial charge in [0.15, 0.2) is 5.58 Å². The van der Waals surface area contributed by atoms with Crippen molar-refractivity contribution in [2.45, 2.75) is 13.0 Å². The third kappa shape index (κ3) is 3.63. The largest absolute Gasteiger partial charge is 0.420 e. The fourth-order valence-corrected chi connectivity index (χ4v) is 2.54. The van der Waals surface area contributed by atoms with E-state index in [1.807, 2.05) is 30.3 Å². The van der Waals surface area contributed by atoms with Crippen molar-refractivity contribution >= 4 is 28.6 Å². The second-order valence-electron chi connectivity index (χ2n) is 5.15. The Hall–Kier alpha value is -2.53. The second kappa shape index (κ2) is 6.71. The first-order valence-electron chi connectivity index (χ1n) is 7.23. The average molecular weight is 331 g/mol. The molecule has 3 rings (SSSR count). The molecule has 0 bridgehead atoms. The van der Waals surface area contributed by atoms with Crippen molar-refractivity contribution in [1.29, 1.82) is 0 Å². The monoisotopic (exact) mass is 330 g/mol. The maximum atomic E-state index is 12.0. The van der Waals surface area contributed by atoms with E-state index < -0.39 is 5.76 Å². The Morgan fingerprint density at radius 1 is 1.17 bits per heavy atom. The Labute approximate surface area is 137 Å². The summed E-state index contributed by atoms with van der Waals surface area (Å²) in [5.41, 5.74) is 2.07. The van der Waals surface area contributed by atoms with Crippen LogP contribution < -0.4 is 11.1 Å². The summed E-state index contributed by atoms with van der Waals surface area (Å²) in [6.07, 6.45) is 0.736. The zero-order valence-electron chi connectivity index (χ0n) is 12.3. The number of hydrogen-bond donors (Lipinski definition) is 1. The fourth-order valence-electron chi connectivity index (χ4n) is 2.38. The van der Waals surface area contributed by atoms with Crippen molar-refractivity contribution in [3.63, 3.8) is 0 Å². The van der Waals surface area contributed by atoms with Gasteiger partial charge in [0.05, 0.1) is 5.52 Å². The molecule has 0 fully saturated rings. The van der Waals surface area contributed by atoms with Crippen molar-refractivity contribution < 1.29 is 9.21 Å².